The Kier molecular flexibility index (Phi) is 3.73. The van der Waals surface area contributed by atoms with Crippen LogP contribution in [0.15, 0.2) is 18.2 Å². The monoisotopic (exact) mass is 214 g/mol. The molecule has 14 heavy (non-hydrogen) atoms. The molecule has 0 bridgehead atoms. The number of halogens is 1. The maximum Gasteiger partial charge on any atom is 0.138 e. The van der Waals surface area contributed by atoms with E-state index in [0.717, 1.165) is 0 Å². The number of nitrogens with one attached hydrogen (secondary N) is 1. The fourth-order valence-electron chi connectivity index (χ4n) is 0.941. The van der Waals surface area contributed by atoms with Crippen molar-refractivity contribution in [3.8, 4) is 5.75 Å². The molecule has 1 aromatic rings. The van der Waals surface area contributed by atoms with E-state index in [1.807, 2.05) is 0 Å². The quantitative estimate of drug-likeness (QED) is 0.517. The van der Waals surface area contributed by atoms with Crippen molar-refractivity contribution in [1.29, 1.82) is 5.41 Å². The lowest BCUT2D eigenvalue weighted by molar-refractivity contribution is 0.201. The maximum absolute atomic E-state index is 8.54. The first-order valence-corrected chi connectivity index (χ1v) is 4.40. The van der Waals surface area contributed by atoms with Gasteiger partial charge >= 0.3 is 0 Å². The van der Waals surface area contributed by atoms with Crippen molar-refractivity contribution >= 4 is 17.4 Å². The average molecular weight is 215 g/mol. The highest BCUT2D eigenvalue weighted by Gasteiger charge is 2.04. The van der Waals surface area contributed by atoms with Gasteiger partial charge in [-0.2, -0.15) is 0 Å². The van der Waals surface area contributed by atoms with E-state index in [0.29, 0.717) is 16.3 Å². The van der Waals surface area contributed by atoms with E-state index in [9.17, 15) is 0 Å². The third-order valence-corrected chi connectivity index (χ3v) is 1.89. The third-order valence-electron chi connectivity index (χ3n) is 1.59. The summed E-state index contributed by atoms with van der Waals surface area (Å²) in [7, 11) is 0. The van der Waals surface area contributed by atoms with Crippen LogP contribution in [0.25, 0.3) is 0 Å². The van der Waals surface area contributed by atoms with Crippen LogP contribution in [0.1, 0.15) is 5.56 Å². The van der Waals surface area contributed by atoms with Crippen LogP contribution in [0, 0.1) is 5.41 Å². The molecule has 0 aromatic heterocycles. The zero-order chi connectivity index (χ0) is 10.6. The number of aliphatic hydroxyl groups is 1. The summed E-state index contributed by atoms with van der Waals surface area (Å²) < 4.78 is 5.13. The van der Waals surface area contributed by atoms with Crippen molar-refractivity contribution in [2.75, 3.05) is 13.2 Å². The Balaban J connectivity index is 2.84. The van der Waals surface area contributed by atoms with Gasteiger partial charge in [0.05, 0.1) is 11.6 Å². The van der Waals surface area contributed by atoms with E-state index < -0.39 is 0 Å². The van der Waals surface area contributed by atoms with Gasteiger partial charge in [0.1, 0.15) is 18.2 Å². The summed E-state index contributed by atoms with van der Waals surface area (Å²) in [4.78, 5) is 0. The van der Waals surface area contributed by atoms with Crippen LogP contribution < -0.4 is 10.5 Å². The zero-order valence-electron chi connectivity index (χ0n) is 7.46. The van der Waals surface area contributed by atoms with Crippen molar-refractivity contribution in [2.24, 2.45) is 5.73 Å². The largest absolute Gasteiger partial charge is 0.490 e. The first-order valence-electron chi connectivity index (χ1n) is 4.02. The van der Waals surface area contributed by atoms with Gasteiger partial charge in [-0.05, 0) is 18.2 Å². The molecule has 0 amide bonds. The molecular formula is C9H11ClN2O2. The fraction of sp³-hybridized carbons (Fsp3) is 0.222. The molecule has 0 heterocycles. The standard InChI is InChI=1S/C9H11ClN2O2/c10-7-5-6(9(11)12)1-2-8(7)14-4-3-13/h1-2,5,13H,3-4H2,(H3,11,12). The summed E-state index contributed by atoms with van der Waals surface area (Å²) in [5.74, 6) is 0.436. The maximum atomic E-state index is 8.54. The number of aliphatic hydroxyl groups excluding tert-OH is 1. The van der Waals surface area contributed by atoms with Crippen LogP contribution >= 0.6 is 11.6 Å². The lowest BCUT2D eigenvalue weighted by Crippen LogP contribution is -2.11. The molecule has 0 spiro atoms. The molecule has 0 atom stereocenters. The topological polar surface area (TPSA) is 79.3 Å². The van der Waals surface area contributed by atoms with Crippen LogP contribution in [0.5, 0.6) is 5.75 Å². The number of amidine groups is 1. The van der Waals surface area contributed by atoms with Crippen LogP contribution in [0.2, 0.25) is 5.02 Å². The Hall–Kier alpha value is -1.26. The van der Waals surface area contributed by atoms with Gasteiger partial charge in [0.15, 0.2) is 0 Å². The number of hydrogen-bond acceptors (Lipinski definition) is 3. The van der Waals surface area contributed by atoms with E-state index in [4.69, 9.17) is 32.6 Å². The minimum absolute atomic E-state index is 0.0411. The first-order chi connectivity index (χ1) is 6.65. The normalized spacial score (nSPS) is 9.86. The third kappa shape index (κ3) is 2.61. The van der Waals surface area contributed by atoms with E-state index in [2.05, 4.69) is 0 Å². The minimum atomic E-state index is -0.0647. The first kappa shape index (κ1) is 10.8. The Morgan fingerprint density at radius 1 is 1.57 bits per heavy atom. The van der Waals surface area contributed by atoms with E-state index in [1.165, 1.54) is 0 Å². The molecule has 0 radical (unpaired) electrons. The number of hydrogen-bond donors (Lipinski definition) is 3. The van der Waals surface area contributed by atoms with Crippen LogP contribution in [-0.2, 0) is 0 Å². The van der Waals surface area contributed by atoms with Gasteiger partial charge in [-0.25, -0.2) is 0 Å². The lowest BCUT2D eigenvalue weighted by Gasteiger charge is -2.07. The summed E-state index contributed by atoms with van der Waals surface area (Å²) in [6.07, 6.45) is 0. The molecule has 5 heteroatoms. The molecule has 76 valence electrons. The second-order valence-electron chi connectivity index (χ2n) is 2.63. The summed E-state index contributed by atoms with van der Waals surface area (Å²) >= 11 is 5.85. The molecule has 4 nitrogen and oxygen atoms in total. The summed E-state index contributed by atoms with van der Waals surface area (Å²) in [5, 5.41) is 16.1. The Bertz CT molecular complexity index is 342. The average Bonchev–Trinajstić information content (AvgIpc) is 2.15. The predicted octanol–water partition coefficient (Wildman–Crippen LogP) is 0.995. The molecule has 0 fully saturated rings. The van der Waals surface area contributed by atoms with E-state index in [-0.39, 0.29) is 19.0 Å². The van der Waals surface area contributed by atoms with Gasteiger partial charge in [-0.15, -0.1) is 0 Å². The molecule has 0 aliphatic heterocycles. The van der Waals surface area contributed by atoms with Crippen LogP contribution in [0.4, 0.5) is 0 Å². The van der Waals surface area contributed by atoms with Gasteiger partial charge in [-0.1, -0.05) is 11.6 Å². The lowest BCUT2D eigenvalue weighted by atomic mass is 10.2. The van der Waals surface area contributed by atoms with Crippen LogP contribution in [0.3, 0.4) is 0 Å². The molecule has 0 aliphatic carbocycles. The molecule has 1 aromatic carbocycles. The van der Waals surface area contributed by atoms with Gasteiger partial charge in [0, 0.05) is 5.56 Å². The number of ether oxygens (including phenoxy) is 1. The van der Waals surface area contributed by atoms with Crippen molar-refractivity contribution in [3.63, 3.8) is 0 Å². The van der Waals surface area contributed by atoms with Crippen molar-refractivity contribution < 1.29 is 9.84 Å². The molecular weight excluding hydrogens is 204 g/mol. The van der Waals surface area contributed by atoms with Crippen molar-refractivity contribution in [1.82, 2.24) is 0 Å². The van der Waals surface area contributed by atoms with Gasteiger partial charge < -0.3 is 15.6 Å². The highest BCUT2D eigenvalue weighted by Crippen LogP contribution is 2.25. The minimum Gasteiger partial charge on any atom is -0.490 e. The molecule has 0 unspecified atom stereocenters. The number of nitrogen functional groups attached to an aromatic ring is 1. The fourth-order valence-corrected chi connectivity index (χ4v) is 1.18. The molecule has 4 N–H and O–H groups in total. The molecule has 0 saturated heterocycles. The Morgan fingerprint density at radius 3 is 2.79 bits per heavy atom. The second-order valence-corrected chi connectivity index (χ2v) is 3.04. The highest BCUT2D eigenvalue weighted by molar-refractivity contribution is 6.32. The van der Waals surface area contributed by atoms with E-state index in [1.54, 1.807) is 18.2 Å². The van der Waals surface area contributed by atoms with Crippen molar-refractivity contribution in [3.05, 3.63) is 28.8 Å². The summed E-state index contributed by atoms with van der Waals surface area (Å²) in [5.41, 5.74) is 5.82. The predicted molar refractivity (Wildman–Crippen MR) is 55.0 cm³/mol. The summed E-state index contributed by atoms with van der Waals surface area (Å²) in [6, 6.07) is 4.81. The highest BCUT2D eigenvalue weighted by atomic mass is 35.5. The SMILES string of the molecule is N=C(N)c1ccc(OCCO)c(Cl)c1. The molecule has 0 saturated carbocycles. The van der Waals surface area contributed by atoms with E-state index >= 15 is 0 Å². The van der Waals surface area contributed by atoms with Crippen molar-refractivity contribution in [2.45, 2.75) is 0 Å². The molecule has 1 rings (SSSR count). The molecule has 0 aliphatic rings. The second kappa shape index (κ2) is 4.83. The van der Waals surface area contributed by atoms with Crippen LogP contribution in [-0.4, -0.2) is 24.2 Å². The smallest absolute Gasteiger partial charge is 0.138 e. The van der Waals surface area contributed by atoms with Gasteiger partial charge in [-0.3, -0.25) is 5.41 Å². The number of benzene rings is 1. The van der Waals surface area contributed by atoms with Gasteiger partial charge in [0.25, 0.3) is 0 Å². The number of rotatable bonds is 4. The van der Waals surface area contributed by atoms with Gasteiger partial charge in [0.2, 0.25) is 0 Å². The summed E-state index contributed by atoms with van der Waals surface area (Å²) in [6.45, 7) is 0.129. The Labute approximate surface area is 86.8 Å². The number of nitrogens with two attached hydrogens (primary N) is 1. The zero-order valence-corrected chi connectivity index (χ0v) is 8.21. The Morgan fingerprint density at radius 2 is 2.29 bits per heavy atom.